The number of Topliss-reactive ketones (excluding diaryl/α,β-unsaturated/α-hetero) is 1. The van der Waals surface area contributed by atoms with Crippen LogP contribution in [0.5, 0.6) is 0 Å². The molecule has 1 aromatic heterocycles. The van der Waals surface area contributed by atoms with Gasteiger partial charge in [0.1, 0.15) is 5.69 Å². The summed E-state index contributed by atoms with van der Waals surface area (Å²) in [5.41, 5.74) is 0.587. The molecule has 0 unspecified atom stereocenters. The van der Waals surface area contributed by atoms with Gasteiger partial charge in [-0.15, -0.1) is 11.8 Å². The first-order valence-corrected chi connectivity index (χ1v) is 7.33. The average molecular weight is 258 g/mol. The SMILES string of the molecule is O=C(CCC#CCCC1CCCCC1)c1cnc[nH]1. The van der Waals surface area contributed by atoms with Crippen molar-refractivity contribution in [1.82, 2.24) is 9.97 Å². The lowest BCUT2D eigenvalue weighted by molar-refractivity contribution is 0.0980. The van der Waals surface area contributed by atoms with E-state index in [-0.39, 0.29) is 5.78 Å². The van der Waals surface area contributed by atoms with Crippen LogP contribution in [-0.4, -0.2) is 15.8 Å². The van der Waals surface area contributed by atoms with Crippen molar-refractivity contribution >= 4 is 5.78 Å². The summed E-state index contributed by atoms with van der Waals surface area (Å²) in [4.78, 5) is 18.3. The van der Waals surface area contributed by atoms with Gasteiger partial charge >= 0.3 is 0 Å². The Morgan fingerprint density at radius 1 is 1.26 bits per heavy atom. The molecule has 0 bridgehead atoms. The second kappa shape index (κ2) is 7.78. The molecule has 1 N–H and O–H groups in total. The Kier molecular flexibility index (Phi) is 5.68. The Morgan fingerprint density at radius 2 is 2.05 bits per heavy atom. The Morgan fingerprint density at radius 3 is 2.79 bits per heavy atom. The van der Waals surface area contributed by atoms with E-state index in [1.807, 2.05) is 0 Å². The minimum atomic E-state index is 0.0964. The summed E-state index contributed by atoms with van der Waals surface area (Å²) >= 11 is 0. The van der Waals surface area contributed by atoms with E-state index in [1.54, 1.807) is 6.20 Å². The van der Waals surface area contributed by atoms with Crippen molar-refractivity contribution < 1.29 is 4.79 Å². The number of ketones is 1. The molecule has 19 heavy (non-hydrogen) atoms. The molecule has 0 radical (unpaired) electrons. The van der Waals surface area contributed by atoms with E-state index in [4.69, 9.17) is 0 Å². The summed E-state index contributed by atoms with van der Waals surface area (Å²) in [5.74, 6) is 7.31. The molecule has 1 heterocycles. The third kappa shape index (κ3) is 4.90. The highest BCUT2D eigenvalue weighted by atomic mass is 16.1. The molecule has 3 heteroatoms. The number of imidazole rings is 1. The third-order valence-electron chi connectivity index (χ3n) is 3.80. The van der Waals surface area contributed by atoms with Crippen LogP contribution < -0.4 is 0 Å². The number of hydrogen-bond acceptors (Lipinski definition) is 2. The molecule has 102 valence electrons. The van der Waals surface area contributed by atoms with Crippen LogP contribution in [0.1, 0.15) is 68.3 Å². The van der Waals surface area contributed by atoms with E-state index in [1.165, 1.54) is 44.9 Å². The van der Waals surface area contributed by atoms with Crippen molar-refractivity contribution in [3.63, 3.8) is 0 Å². The smallest absolute Gasteiger partial charge is 0.181 e. The second-order valence-electron chi connectivity index (χ2n) is 5.28. The number of rotatable bonds is 5. The number of hydrogen-bond donors (Lipinski definition) is 1. The van der Waals surface area contributed by atoms with Crippen molar-refractivity contribution in [3.05, 3.63) is 18.2 Å². The predicted octanol–water partition coefficient (Wildman–Crippen LogP) is 3.74. The van der Waals surface area contributed by atoms with Crippen LogP contribution in [0.3, 0.4) is 0 Å². The van der Waals surface area contributed by atoms with Gasteiger partial charge in [-0.2, -0.15) is 0 Å². The quantitative estimate of drug-likeness (QED) is 0.646. The number of carbonyl (C=O) groups excluding carboxylic acids is 1. The summed E-state index contributed by atoms with van der Waals surface area (Å²) in [6.07, 6.45) is 13.5. The fourth-order valence-corrected chi connectivity index (χ4v) is 2.65. The minimum Gasteiger partial charge on any atom is -0.342 e. The van der Waals surface area contributed by atoms with Crippen LogP contribution in [0.4, 0.5) is 0 Å². The van der Waals surface area contributed by atoms with Crippen molar-refractivity contribution in [2.24, 2.45) is 5.92 Å². The topological polar surface area (TPSA) is 45.8 Å². The molecule has 2 rings (SSSR count). The molecule has 1 fully saturated rings. The molecule has 1 aliphatic carbocycles. The first kappa shape index (κ1) is 13.9. The summed E-state index contributed by atoms with van der Waals surface area (Å²) in [6.45, 7) is 0. The van der Waals surface area contributed by atoms with E-state index in [2.05, 4.69) is 21.8 Å². The highest BCUT2D eigenvalue weighted by Crippen LogP contribution is 2.26. The second-order valence-corrected chi connectivity index (χ2v) is 5.28. The molecule has 0 amide bonds. The van der Waals surface area contributed by atoms with Gasteiger partial charge in [0.2, 0.25) is 0 Å². The lowest BCUT2D eigenvalue weighted by atomic mass is 9.86. The maximum atomic E-state index is 11.6. The summed E-state index contributed by atoms with van der Waals surface area (Å²) < 4.78 is 0. The number of nitrogens with zero attached hydrogens (tertiary/aromatic N) is 1. The minimum absolute atomic E-state index is 0.0964. The maximum Gasteiger partial charge on any atom is 0.181 e. The fourth-order valence-electron chi connectivity index (χ4n) is 2.65. The fraction of sp³-hybridized carbons (Fsp3) is 0.625. The molecule has 0 saturated heterocycles. The largest absolute Gasteiger partial charge is 0.342 e. The van der Waals surface area contributed by atoms with Gasteiger partial charge in [-0.3, -0.25) is 4.79 Å². The molecule has 1 aliphatic rings. The van der Waals surface area contributed by atoms with E-state index in [9.17, 15) is 4.79 Å². The van der Waals surface area contributed by atoms with Gasteiger partial charge in [-0.25, -0.2) is 4.98 Å². The van der Waals surface area contributed by atoms with Crippen molar-refractivity contribution in [2.75, 3.05) is 0 Å². The first-order chi connectivity index (χ1) is 9.36. The molecule has 0 aliphatic heterocycles. The summed E-state index contributed by atoms with van der Waals surface area (Å²) in [5, 5.41) is 0. The zero-order valence-electron chi connectivity index (χ0n) is 11.5. The summed E-state index contributed by atoms with van der Waals surface area (Å²) in [7, 11) is 0. The summed E-state index contributed by atoms with van der Waals surface area (Å²) in [6, 6.07) is 0. The highest BCUT2D eigenvalue weighted by Gasteiger charge is 2.11. The van der Waals surface area contributed by atoms with Gasteiger partial charge in [0, 0.05) is 19.3 Å². The number of aromatic nitrogens is 2. The zero-order valence-corrected chi connectivity index (χ0v) is 11.5. The lowest BCUT2D eigenvalue weighted by Gasteiger charge is -2.20. The van der Waals surface area contributed by atoms with Crippen LogP contribution in [0, 0.1) is 17.8 Å². The molecule has 0 aromatic carbocycles. The van der Waals surface area contributed by atoms with Gasteiger partial charge < -0.3 is 4.98 Å². The standard InChI is InChI=1S/C16H22N2O/c19-16(15-12-17-13-18-15)11-7-2-1-4-8-14-9-5-3-6-10-14/h12-14H,3-11H2,(H,17,18). The van der Waals surface area contributed by atoms with Crippen molar-refractivity contribution in [2.45, 2.75) is 57.8 Å². The number of nitrogens with one attached hydrogen (secondary N) is 1. The molecule has 1 aromatic rings. The lowest BCUT2D eigenvalue weighted by Crippen LogP contribution is -2.05. The Balaban J connectivity index is 1.58. The first-order valence-electron chi connectivity index (χ1n) is 7.33. The Labute approximate surface area is 115 Å². The van der Waals surface area contributed by atoms with Crippen LogP contribution in [0.15, 0.2) is 12.5 Å². The van der Waals surface area contributed by atoms with Gasteiger partial charge in [0.25, 0.3) is 0 Å². The van der Waals surface area contributed by atoms with Gasteiger partial charge in [0.15, 0.2) is 5.78 Å². The van der Waals surface area contributed by atoms with Crippen molar-refractivity contribution in [3.8, 4) is 11.8 Å². The Hall–Kier alpha value is -1.56. The zero-order chi connectivity index (χ0) is 13.3. The van der Waals surface area contributed by atoms with E-state index >= 15 is 0 Å². The van der Waals surface area contributed by atoms with Crippen LogP contribution >= 0.6 is 0 Å². The number of aromatic amines is 1. The molecule has 0 atom stereocenters. The van der Waals surface area contributed by atoms with Crippen molar-refractivity contribution in [1.29, 1.82) is 0 Å². The van der Waals surface area contributed by atoms with Gasteiger partial charge in [0.05, 0.1) is 12.5 Å². The third-order valence-corrected chi connectivity index (χ3v) is 3.80. The van der Waals surface area contributed by atoms with Gasteiger partial charge in [-0.1, -0.05) is 32.1 Å². The molecule has 3 nitrogen and oxygen atoms in total. The Bertz CT molecular complexity index is 433. The van der Waals surface area contributed by atoms with E-state index in [0.29, 0.717) is 18.5 Å². The highest BCUT2D eigenvalue weighted by molar-refractivity contribution is 5.94. The van der Waals surface area contributed by atoms with Crippen LogP contribution in [0.2, 0.25) is 0 Å². The maximum absolute atomic E-state index is 11.6. The number of H-pyrrole nitrogens is 1. The number of carbonyl (C=O) groups is 1. The molecular weight excluding hydrogens is 236 g/mol. The van der Waals surface area contributed by atoms with Crippen LogP contribution in [0.25, 0.3) is 0 Å². The molecule has 0 spiro atoms. The average Bonchev–Trinajstić information content (AvgIpc) is 2.98. The molecular formula is C16H22N2O. The predicted molar refractivity (Wildman–Crippen MR) is 75.7 cm³/mol. The van der Waals surface area contributed by atoms with Crippen LogP contribution in [-0.2, 0) is 0 Å². The monoisotopic (exact) mass is 258 g/mol. The normalized spacial score (nSPS) is 15.8. The van der Waals surface area contributed by atoms with E-state index in [0.717, 1.165) is 12.3 Å². The molecule has 1 saturated carbocycles. The van der Waals surface area contributed by atoms with E-state index < -0.39 is 0 Å². The van der Waals surface area contributed by atoms with Gasteiger partial charge in [-0.05, 0) is 12.3 Å².